The van der Waals surface area contributed by atoms with Crippen LogP contribution in [0.2, 0.25) is 0 Å². The Hall–Kier alpha value is -1.75. The van der Waals surface area contributed by atoms with E-state index in [4.69, 9.17) is 10.5 Å². The molecule has 2 aromatic rings. The zero-order valence-corrected chi connectivity index (χ0v) is 11.2. The van der Waals surface area contributed by atoms with Crippen LogP contribution < -0.4 is 15.8 Å². The van der Waals surface area contributed by atoms with Gasteiger partial charge < -0.3 is 15.8 Å². The van der Waals surface area contributed by atoms with Crippen molar-refractivity contribution in [3.63, 3.8) is 0 Å². The van der Waals surface area contributed by atoms with Crippen molar-refractivity contribution < 1.29 is 4.74 Å². The minimum atomic E-state index is 0.507. The van der Waals surface area contributed by atoms with Gasteiger partial charge in [-0.3, -0.25) is 0 Å². The monoisotopic (exact) mass is 263 g/mol. The maximum atomic E-state index is 5.81. The number of thiophene rings is 1. The van der Waals surface area contributed by atoms with Crippen LogP contribution in [0.4, 0.5) is 11.5 Å². The number of hydrogen-bond donors (Lipinski definition) is 2. The zero-order chi connectivity index (χ0) is 12.8. The third-order valence-corrected chi connectivity index (χ3v) is 3.23. The molecule has 2 heterocycles. The lowest BCUT2D eigenvalue weighted by atomic mass is 10.4. The normalized spacial score (nSPS) is 10.3. The fraction of sp³-hybridized carbons (Fsp3) is 0.308. The summed E-state index contributed by atoms with van der Waals surface area (Å²) in [7, 11) is 0. The van der Waals surface area contributed by atoms with Crippen LogP contribution in [0.1, 0.15) is 18.2 Å². The van der Waals surface area contributed by atoms with Gasteiger partial charge >= 0.3 is 0 Å². The maximum absolute atomic E-state index is 5.81. The number of ether oxygens (including phenoxy) is 1. The third-order valence-electron chi connectivity index (χ3n) is 2.36. The molecule has 0 aromatic carbocycles. The molecule has 0 aliphatic rings. The van der Waals surface area contributed by atoms with E-state index in [1.807, 2.05) is 18.2 Å². The van der Waals surface area contributed by atoms with E-state index in [-0.39, 0.29) is 0 Å². The second kappa shape index (κ2) is 6.26. The summed E-state index contributed by atoms with van der Waals surface area (Å²) >= 11 is 1.72. The largest absolute Gasteiger partial charge is 0.476 e. The van der Waals surface area contributed by atoms with Crippen LogP contribution in [0, 0.1) is 0 Å². The molecule has 0 atom stereocenters. The Labute approximate surface area is 111 Å². The highest BCUT2D eigenvalue weighted by Crippen LogP contribution is 2.21. The molecule has 3 N–H and O–H groups in total. The number of nitrogens with one attached hydrogen (secondary N) is 1. The number of nitrogen functional groups attached to an aromatic ring is 1. The van der Waals surface area contributed by atoms with Crippen LogP contribution in [0.15, 0.2) is 29.6 Å². The van der Waals surface area contributed by atoms with Gasteiger partial charge in [0.05, 0.1) is 18.8 Å². The summed E-state index contributed by atoms with van der Waals surface area (Å²) in [4.78, 5) is 5.62. The highest BCUT2D eigenvalue weighted by molar-refractivity contribution is 7.09. The number of nitrogens with zero attached hydrogens (tertiary/aromatic N) is 1. The molecule has 0 bridgehead atoms. The van der Waals surface area contributed by atoms with E-state index >= 15 is 0 Å². The van der Waals surface area contributed by atoms with E-state index < -0.39 is 0 Å². The van der Waals surface area contributed by atoms with Gasteiger partial charge in [0.1, 0.15) is 5.82 Å². The molecule has 0 aliphatic carbocycles. The van der Waals surface area contributed by atoms with Gasteiger partial charge in [0.15, 0.2) is 0 Å². The van der Waals surface area contributed by atoms with Crippen molar-refractivity contribution in [2.75, 3.05) is 17.7 Å². The third kappa shape index (κ3) is 3.37. The number of rotatable bonds is 6. The fourth-order valence-electron chi connectivity index (χ4n) is 1.45. The van der Waals surface area contributed by atoms with Crippen LogP contribution in [0.3, 0.4) is 0 Å². The summed E-state index contributed by atoms with van der Waals surface area (Å²) in [5, 5.41) is 5.31. The summed E-state index contributed by atoms with van der Waals surface area (Å²) in [6.07, 6.45) is 0.938. The topological polar surface area (TPSA) is 60.2 Å². The Morgan fingerprint density at radius 3 is 3.00 bits per heavy atom. The molecule has 2 rings (SSSR count). The maximum Gasteiger partial charge on any atom is 0.239 e. The zero-order valence-electron chi connectivity index (χ0n) is 10.3. The minimum absolute atomic E-state index is 0.507. The first-order valence-corrected chi connectivity index (χ1v) is 6.83. The Kier molecular flexibility index (Phi) is 4.41. The highest BCUT2D eigenvalue weighted by Gasteiger charge is 2.04. The van der Waals surface area contributed by atoms with E-state index in [0.717, 1.165) is 18.8 Å². The summed E-state index contributed by atoms with van der Waals surface area (Å²) < 4.78 is 5.49. The Bertz CT molecular complexity index is 485. The van der Waals surface area contributed by atoms with Crippen LogP contribution in [0.25, 0.3) is 0 Å². The van der Waals surface area contributed by atoms with Crippen molar-refractivity contribution in [1.82, 2.24) is 4.98 Å². The van der Waals surface area contributed by atoms with Crippen molar-refractivity contribution in [1.29, 1.82) is 0 Å². The van der Waals surface area contributed by atoms with Crippen molar-refractivity contribution in [3.8, 4) is 5.88 Å². The molecule has 0 radical (unpaired) electrons. The SMILES string of the molecule is CCCOc1nc(NCc2cccs2)ccc1N. The van der Waals surface area contributed by atoms with Gasteiger partial charge in [0.25, 0.3) is 0 Å². The predicted octanol–water partition coefficient (Wildman–Crippen LogP) is 3.13. The first-order chi connectivity index (χ1) is 8.79. The number of pyridine rings is 1. The first-order valence-electron chi connectivity index (χ1n) is 5.95. The molecule has 0 spiro atoms. The standard InChI is InChI=1S/C13H17N3OS/c1-2-7-17-13-11(14)5-6-12(16-13)15-9-10-4-3-8-18-10/h3-6,8H,2,7,9,14H2,1H3,(H,15,16). The second-order valence-corrected chi connectivity index (χ2v) is 4.90. The van der Waals surface area contributed by atoms with Crippen LogP contribution in [-0.2, 0) is 6.54 Å². The number of hydrogen-bond acceptors (Lipinski definition) is 5. The molecule has 0 saturated carbocycles. The predicted molar refractivity (Wildman–Crippen MR) is 76.1 cm³/mol. The van der Waals surface area contributed by atoms with Crippen molar-refractivity contribution in [3.05, 3.63) is 34.5 Å². The van der Waals surface area contributed by atoms with Crippen LogP contribution >= 0.6 is 11.3 Å². The second-order valence-electron chi connectivity index (χ2n) is 3.87. The van der Waals surface area contributed by atoms with Crippen LogP contribution in [-0.4, -0.2) is 11.6 Å². The summed E-state index contributed by atoms with van der Waals surface area (Å²) in [6, 6.07) is 7.80. The molecule has 0 unspecified atom stereocenters. The molecule has 0 fully saturated rings. The van der Waals surface area contributed by atoms with Gasteiger partial charge in [-0.25, -0.2) is 0 Å². The molecule has 0 saturated heterocycles. The lowest BCUT2D eigenvalue weighted by Gasteiger charge is -2.09. The van der Waals surface area contributed by atoms with Gasteiger partial charge in [-0.1, -0.05) is 13.0 Å². The number of anilines is 2. The lowest BCUT2D eigenvalue weighted by molar-refractivity contribution is 0.307. The average molecular weight is 263 g/mol. The molecular weight excluding hydrogens is 246 g/mol. The van der Waals surface area contributed by atoms with Gasteiger partial charge in [0, 0.05) is 4.88 Å². The summed E-state index contributed by atoms with van der Waals surface area (Å²) in [6.45, 7) is 3.45. The Morgan fingerprint density at radius 2 is 2.28 bits per heavy atom. The number of nitrogens with two attached hydrogens (primary N) is 1. The molecule has 5 heteroatoms. The van der Waals surface area contributed by atoms with E-state index in [1.54, 1.807) is 11.3 Å². The summed E-state index contributed by atoms with van der Waals surface area (Å²) in [5.74, 6) is 1.29. The van der Waals surface area contributed by atoms with E-state index in [2.05, 4.69) is 28.7 Å². The lowest BCUT2D eigenvalue weighted by Crippen LogP contribution is -2.05. The quantitative estimate of drug-likeness (QED) is 0.840. The highest BCUT2D eigenvalue weighted by atomic mass is 32.1. The van der Waals surface area contributed by atoms with Crippen molar-refractivity contribution >= 4 is 22.8 Å². The first kappa shape index (κ1) is 12.7. The molecule has 0 aliphatic heterocycles. The van der Waals surface area contributed by atoms with Crippen molar-refractivity contribution in [2.45, 2.75) is 19.9 Å². The van der Waals surface area contributed by atoms with E-state index in [1.165, 1.54) is 4.88 Å². The van der Waals surface area contributed by atoms with Crippen molar-refractivity contribution in [2.24, 2.45) is 0 Å². The average Bonchev–Trinajstić information content (AvgIpc) is 2.89. The molecule has 96 valence electrons. The summed E-state index contributed by atoms with van der Waals surface area (Å²) in [5.41, 5.74) is 6.38. The minimum Gasteiger partial charge on any atom is -0.476 e. The smallest absolute Gasteiger partial charge is 0.239 e. The fourth-order valence-corrected chi connectivity index (χ4v) is 2.10. The van der Waals surface area contributed by atoms with Crippen LogP contribution in [0.5, 0.6) is 5.88 Å². The van der Waals surface area contributed by atoms with Gasteiger partial charge in [-0.15, -0.1) is 11.3 Å². The van der Waals surface area contributed by atoms with Gasteiger partial charge in [0.2, 0.25) is 5.88 Å². The van der Waals surface area contributed by atoms with E-state index in [9.17, 15) is 0 Å². The van der Waals surface area contributed by atoms with E-state index in [0.29, 0.717) is 18.2 Å². The van der Waals surface area contributed by atoms with Gasteiger partial charge in [-0.05, 0) is 30.0 Å². The molecule has 4 nitrogen and oxygen atoms in total. The Morgan fingerprint density at radius 1 is 1.39 bits per heavy atom. The Balaban J connectivity index is 2.00. The molecule has 2 aromatic heterocycles. The molecule has 0 amide bonds. The molecular formula is C13H17N3OS. The number of aromatic nitrogens is 1. The van der Waals surface area contributed by atoms with Gasteiger partial charge in [-0.2, -0.15) is 4.98 Å². The molecule has 18 heavy (non-hydrogen) atoms.